The van der Waals surface area contributed by atoms with Crippen molar-refractivity contribution in [2.45, 2.75) is 20.0 Å². The lowest BCUT2D eigenvalue weighted by atomic mass is 10.1. The number of aromatic nitrogens is 2. The Morgan fingerprint density at radius 2 is 2.09 bits per heavy atom. The summed E-state index contributed by atoms with van der Waals surface area (Å²) >= 11 is 0. The molecule has 0 aliphatic carbocycles. The van der Waals surface area contributed by atoms with Crippen LogP contribution in [0.25, 0.3) is 11.8 Å². The van der Waals surface area contributed by atoms with Crippen molar-refractivity contribution in [1.29, 1.82) is 0 Å². The van der Waals surface area contributed by atoms with Gasteiger partial charge < -0.3 is 15.0 Å². The maximum absolute atomic E-state index is 11.7. The number of hydrogen-bond acceptors (Lipinski definition) is 3. The van der Waals surface area contributed by atoms with Crippen LogP contribution in [-0.2, 0) is 4.79 Å². The predicted octanol–water partition coefficient (Wildman–Crippen LogP) is 2.02. The van der Waals surface area contributed by atoms with Gasteiger partial charge in [-0.2, -0.15) is 0 Å². The van der Waals surface area contributed by atoms with E-state index in [9.17, 15) is 9.90 Å². The zero-order valence-electron chi connectivity index (χ0n) is 12.8. The van der Waals surface area contributed by atoms with Gasteiger partial charge in [0, 0.05) is 30.7 Å². The molecule has 0 radical (unpaired) electrons. The van der Waals surface area contributed by atoms with Crippen molar-refractivity contribution in [3.63, 3.8) is 0 Å². The largest absolute Gasteiger partial charge is 0.391 e. The van der Waals surface area contributed by atoms with Crippen molar-refractivity contribution in [2.24, 2.45) is 5.92 Å². The van der Waals surface area contributed by atoms with Gasteiger partial charge in [-0.1, -0.05) is 26.0 Å². The number of amides is 1. The fourth-order valence-electron chi connectivity index (χ4n) is 1.84. The summed E-state index contributed by atoms with van der Waals surface area (Å²) < 4.78 is 1.91. The van der Waals surface area contributed by atoms with Crippen LogP contribution >= 0.6 is 0 Å². The van der Waals surface area contributed by atoms with Crippen molar-refractivity contribution in [3.05, 3.63) is 54.6 Å². The second kappa shape index (κ2) is 7.56. The van der Waals surface area contributed by atoms with Crippen LogP contribution in [0.15, 0.2) is 49.1 Å². The van der Waals surface area contributed by atoms with Crippen molar-refractivity contribution < 1.29 is 9.90 Å². The monoisotopic (exact) mass is 299 g/mol. The van der Waals surface area contributed by atoms with E-state index < -0.39 is 6.10 Å². The summed E-state index contributed by atoms with van der Waals surface area (Å²) in [4.78, 5) is 15.7. The lowest BCUT2D eigenvalue weighted by Crippen LogP contribution is -2.33. The standard InChI is InChI=1S/C17H21N3O2/c1-13(2)16(21)11-19-17(22)8-5-14-3-6-15(7-4-14)20-10-9-18-12-20/h3-10,12-13,16,21H,11H2,1-2H3,(H,19,22)/b8-5+. The van der Waals surface area contributed by atoms with E-state index in [-0.39, 0.29) is 18.4 Å². The van der Waals surface area contributed by atoms with E-state index in [1.54, 1.807) is 18.6 Å². The number of hydrogen-bond donors (Lipinski definition) is 2. The third kappa shape index (κ3) is 4.56. The zero-order valence-corrected chi connectivity index (χ0v) is 12.8. The van der Waals surface area contributed by atoms with Crippen LogP contribution in [0.5, 0.6) is 0 Å². The first-order valence-electron chi connectivity index (χ1n) is 7.28. The molecule has 5 heteroatoms. The molecule has 116 valence electrons. The molecule has 2 rings (SSSR count). The third-order valence-corrected chi connectivity index (χ3v) is 3.38. The normalized spacial score (nSPS) is 12.7. The summed E-state index contributed by atoms with van der Waals surface area (Å²) in [5.74, 6) is -0.0848. The van der Waals surface area contributed by atoms with Gasteiger partial charge in [-0.25, -0.2) is 4.98 Å². The summed E-state index contributed by atoms with van der Waals surface area (Å²) in [7, 11) is 0. The Morgan fingerprint density at radius 1 is 1.36 bits per heavy atom. The van der Waals surface area contributed by atoms with Gasteiger partial charge >= 0.3 is 0 Å². The van der Waals surface area contributed by atoms with Gasteiger partial charge in [0.05, 0.1) is 12.4 Å². The van der Waals surface area contributed by atoms with Gasteiger partial charge in [0.1, 0.15) is 0 Å². The number of aliphatic hydroxyl groups is 1. The molecule has 1 heterocycles. The van der Waals surface area contributed by atoms with Crippen molar-refractivity contribution >= 4 is 12.0 Å². The van der Waals surface area contributed by atoms with E-state index in [1.165, 1.54) is 6.08 Å². The van der Waals surface area contributed by atoms with Crippen molar-refractivity contribution in [1.82, 2.24) is 14.9 Å². The van der Waals surface area contributed by atoms with E-state index in [2.05, 4.69) is 10.3 Å². The van der Waals surface area contributed by atoms with E-state index in [0.29, 0.717) is 0 Å². The predicted molar refractivity (Wildman–Crippen MR) is 86.5 cm³/mol. The van der Waals surface area contributed by atoms with Gasteiger partial charge in [-0.05, 0) is 29.7 Å². The number of carbonyl (C=O) groups is 1. The summed E-state index contributed by atoms with van der Waals surface area (Å²) in [5, 5.41) is 12.3. The molecular formula is C17H21N3O2. The molecule has 0 saturated carbocycles. The number of nitrogens with one attached hydrogen (secondary N) is 1. The van der Waals surface area contributed by atoms with Crippen LogP contribution in [0.1, 0.15) is 19.4 Å². The van der Waals surface area contributed by atoms with Crippen LogP contribution in [0.4, 0.5) is 0 Å². The number of nitrogens with zero attached hydrogens (tertiary/aromatic N) is 2. The molecule has 1 amide bonds. The fraction of sp³-hybridized carbons (Fsp3) is 0.294. The average Bonchev–Trinajstić information content (AvgIpc) is 3.05. The fourth-order valence-corrected chi connectivity index (χ4v) is 1.84. The smallest absolute Gasteiger partial charge is 0.244 e. The minimum absolute atomic E-state index is 0.125. The minimum atomic E-state index is -0.521. The van der Waals surface area contributed by atoms with E-state index in [4.69, 9.17) is 0 Å². The maximum atomic E-state index is 11.7. The molecule has 0 saturated heterocycles. The summed E-state index contributed by atoms with van der Waals surface area (Å²) in [6.07, 6.45) is 8.03. The molecule has 1 aromatic carbocycles. The summed E-state index contributed by atoms with van der Waals surface area (Å²) in [6.45, 7) is 4.09. The van der Waals surface area contributed by atoms with Gasteiger partial charge in [-0.15, -0.1) is 0 Å². The zero-order chi connectivity index (χ0) is 15.9. The molecular weight excluding hydrogens is 278 g/mol. The Labute approximate surface area is 130 Å². The van der Waals surface area contributed by atoms with Gasteiger partial charge in [0.25, 0.3) is 0 Å². The first kappa shape index (κ1) is 16.0. The van der Waals surface area contributed by atoms with Crippen LogP contribution < -0.4 is 5.32 Å². The molecule has 1 aromatic heterocycles. The highest BCUT2D eigenvalue weighted by molar-refractivity contribution is 5.91. The second-order valence-corrected chi connectivity index (χ2v) is 5.45. The van der Waals surface area contributed by atoms with Gasteiger partial charge in [0.2, 0.25) is 5.91 Å². The average molecular weight is 299 g/mol. The Kier molecular flexibility index (Phi) is 5.49. The highest BCUT2D eigenvalue weighted by atomic mass is 16.3. The quantitative estimate of drug-likeness (QED) is 0.802. The topological polar surface area (TPSA) is 67.2 Å². The molecule has 22 heavy (non-hydrogen) atoms. The van der Waals surface area contributed by atoms with Gasteiger partial charge in [-0.3, -0.25) is 4.79 Å². The first-order chi connectivity index (χ1) is 10.6. The SMILES string of the molecule is CC(C)C(O)CNC(=O)/C=C/c1ccc(-n2ccnc2)cc1. The Morgan fingerprint density at radius 3 is 2.68 bits per heavy atom. The Bertz CT molecular complexity index is 616. The van der Waals surface area contributed by atoms with Crippen molar-refractivity contribution in [2.75, 3.05) is 6.54 Å². The van der Waals surface area contributed by atoms with Crippen LogP contribution in [-0.4, -0.2) is 33.2 Å². The molecule has 2 aromatic rings. The lowest BCUT2D eigenvalue weighted by Gasteiger charge is -2.13. The third-order valence-electron chi connectivity index (χ3n) is 3.38. The molecule has 1 unspecified atom stereocenters. The number of aliphatic hydroxyl groups excluding tert-OH is 1. The maximum Gasteiger partial charge on any atom is 0.244 e. The van der Waals surface area contributed by atoms with Crippen LogP contribution in [0, 0.1) is 5.92 Å². The Hall–Kier alpha value is -2.40. The second-order valence-electron chi connectivity index (χ2n) is 5.45. The highest BCUT2D eigenvalue weighted by Crippen LogP contribution is 2.10. The van der Waals surface area contributed by atoms with E-state index in [1.807, 2.05) is 48.9 Å². The molecule has 0 spiro atoms. The molecule has 1 atom stereocenters. The summed E-state index contributed by atoms with van der Waals surface area (Å²) in [5.41, 5.74) is 1.95. The highest BCUT2D eigenvalue weighted by Gasteiger charge is 2.09. The molecule has 0 bridgehead atoms. The molecule has 2 N–H and O–H groups in total. The molecule has 0 aliphatic heterocycles. The van der Waals surface area contributed by atoms with Crippen LogP contribution in [0.2, 0.25) is 0 Å². The van der Waals surface area contributed by atoms with E-state index in [0.717, 1.165) is 11.3 Å². The first-order valence-corrected chi connectivity index (χ1v) is 7.28. The lowest BCUT2D eigenvalue weighted by molar-refractivity contribution is -0.117. The summed E-state index contributed by atoms with van der Waals surface area (Å²) in [6, 6.07) is 7.79. The number of rotatable bonds is 6. The number of benzene rings is 1. The van der Waals surface area contributed by atoms with Crippen LogP contribution in [0.3, 0.4) is 0 Å². The van der Waals surface area contributed by atoms with Crippen molar-refractivity contribution in [3.8, 4) is 5.69 Å². The minimum Gasteiger partial charge on any atom is -0.391 e. The molecule has 5 nitrogen and oxygen atoms in total. The van der Waals surface area contributed by atoms with Gasteiger partial charge in [0.15, 0.2) is 0 Å². The molecule has 0 aliphatic rings. The number of imidazole rings is 1. The molecule has 0 fully saturated rings. The van der Waals surface area contributed by atoms with E-state index >= 15 is 0 Å². The Balaban J connectivity index is 1.89. The number of carbonyl (C=O) groups excluding carboxylic acids is 1.